The van der Waals surface area contributed by atoms with E-state index in [1.807, 2.05) is 36.6 Å². The van der Waals surface area contributed by atoms with Gasteiger partial charge in [0.05, 0.1) is 42.6 Å². The number of pyridine rings is 1. The van der Waals surface area contributed by atoms with Crippen LogP contribution in [0.1, 0.15) is 47.6 Å². The highest BCUT2D eigenvalue weighted by Gasteiger charge is 2.41. The molecule has 3 aromatic rings. The number of benzene rings is 1. The number of nitrogens with one attached hydrogen (secondary N) is 1. The zero-order valence-corrected chi connectivity index (χ0v) is 21.9. The molecule has 2 aromatic heterocycles. The molecule has 194 valence electrons. The topological polar surface area (TPSA) is 112 Å². The van der Waals surface area contributed by atoms with Crippen molar-refractivity contribution in [3.8, 4) is 11.4 Å². The summed E-state index contributed by atoms with van der Waals surface area (Å²) >= 11 is 5.73. The van der Waals surface area contributed by atoms with Gasteiger partial charge in [-0.3, -0.25) is 19.9 Å². The van der Waals surface area contributed by atoms with Crippen molar-refractivity contribution in [1.29, 1.82) is 0 Å². The number of esters is 1. The summed E-state index contributed by atoms with van der Waals surface area (Å²) in [4.78, 5) is 29.5. The zero-order chi connectivity index (χ0) is 26.7. The van der Waals surface area contributed by atoms with E-state index in [2.05, 4.69) is 21.3 Å². The van der Waals surface area contributed by atoms with Gasteiger partial charge in [0.25, 0.3) is 5.69 Å². The van der Waals surface area contributed by atoms with Gasteiger partial charge in [-0.2, -0.15) is 0 Å². The summed E-state index contributed by atoms with van der Waals surface area (Å²) in [6.07, 6.45) is 2.59. The number of aromatic nitrogens is 2. The summed E-state index contributed by atoms with van der Waals surface area (Å²) in [6, 6.07) is 11.9. The number of carbonyl (C=O) groups is 1. The van der Waals surface area contributed by atoms with Gasteiger partial charge in [0, 0.05) is 42.7 Å². The van der Waals surface area contributed by atoms with Gasteiger partial charge in [0.15, 0.2) is 5.11 Å². The lowest BCUT2D eigenvalue weighted by molar-refractivity contribution is -0.384. The molecule has 0 aliphatic carbocycles. The maximum atomic E-state index is 11.7. The Morgan fingerprint density at radius 3 is 2.65 bits per heavy atom. The summed E-state index contributed by atoms with van der Waals surface area (Å²) in [5, 5.41) is 15.5. The van der Waals surface area contributed by atoms with Gasteiger partial charge in [-0.25, -0.2) is 0 Å². The first-order chi connectivity index (χ1) is 17.8. The highest BCUT2D eigenvalue weighted by atomic mass is 32.1. The molecule has 4 rings (SSSR count). The summed E-state index contributed by atoms with van der Waals surface area (Å²) in [6.45, 7) is 4.47. The number of ether oxygens (including phenoxy) is 2. The van der Waals surface area contributed by atoms with Crippen LogP contribution in [0.3, 0.4) is 0 Å². The van der Waals surface area contributed by atoms with Crippen molar-refractivity contribution in [2.24, 2.45) is 0 Å². The lowest BCUT2D eigenvalue weighted by atomic mass is 9.96. The van der Waals surface area contributed by atoms with E-state index in [0.29, 0.717) is 29.5 Å². The number of carbonyl (C=O) groups excluding carboxylic acids is 1. The quantitative estimate of drug-likeness (QED) is 0.190. The van der Waals surface area contributed by atoms with Crippen molar-refractivity contribution in [3.63, 3.8) is 0 Å². The molecule has 3 heterocycles. The van der Waals surface area contributed by atoms with Crippen molar-refractivity contribution in [2.75, 3.05) is 20.8 Å². The fourth-order valence-corrected chi connectivity index (χ4v) is 5.24. The molecule has 1 aliphatic heterocycles. The number of thiocarbonyl (C=S) groups is 1. The van der Waals surface area contributed by atoms with Gasteiger partial charge in [-0.05, 0) is 62.3 Å². The molecule has 37 heavy (non-hydrogen) atoms. The molecule has 0 saturated carbocycles. The van der Waals surface area contributed by atoms with E-state index in [9.17, 15) is 14.9 Å². The Hall–Kier alpha value is -3.99. The standard InChI is InChI=1S/C26H29N5O5S/c1-16-14-19(17(2)30(16)21-15-18(31(33)34)10-11-22(21)35-3)25-24(20-8-5-6-12-27-20)28-26(37)29(25)13-7-9-23(32)36-4/h5-6,8,10-12,14-15,24-25H,7,9,13H2,1-4H3,(H,28,37)/t24-,25+/m0/s1. The lowest BCUT2D eigenvalue weighted by Crippen LogP contribution is -2.31. The molecule has 1 saturated heterocycles. The van der Waals surface area contributed by atoms with Crippen LogP contribution in [0.5, 0.6) is 5.75 Å². The van der Waals surface area contributed by atoms with E-state index in [4.69, 9.17) is 21.7 Å². The van der Waals surface area contributed by atoms with E-state index < -0.39 is 4.92 Å². The van der Waals surface area contributed by atoms with Crippen LogP contribution in [-0.4, -0.2) is 51.2 Å². The number of non-ortho nitro benzene ring substituents is 1. The number of nitrogens with zero attached hydrogens (tertiary/aromatic N) is 4. The third-order valence-electron chi connectivity index (χ3n) is 6.61. The molecule has 0 spiro atoms. The van der Waals surface area contributed by atoms with Crippen molar-refractivity contribution in [1.82, 2.24) is 19.8 Å². The van der Waals surface area contributed by atoms with Crippen LogP contribution in [0, 0.1) is 24.0 Å². The summed E-state index contributed by atoms with van der Waals surface area (Å²) in [5.74, 6) is 0.252. The van der Waals surface area contributed by atoms with Crippen molar-refractivity contribution >= 4 is 29.0 Å². The van der Waals surface area contributed by atoms with Crippen molar-refractivity contribution in [2.45, 2.75) is 38.8 Å². The number of aryl methyl sites for hydroxylation is 1. The minimum atomic E-state index is -0.419. The molecule has 0 amide bonds. The molecule has 11 heteroatoms. The van der Waals surface area contributed by atoms with Crippen LogP contribution in [0.2, 0.25) is 0 Å². The van der Waals surface area contributed by atoms with Crippen molar-refractivity contribution < 1.29 is 19.2 Å². The molecule has 0 bridgehead atoms. The van der Waals surface area contributed by atoms with Crippen LogP contribution in [-0.2, 0) is 9.53 Å². The van der Waals surface area contributed by atoms with E-state index in [0.717, 1.165) is 22.6 Å². The zero-order valence-electron chi connectivity index (χ0n) is 21.1. The first-order valence-electron chi connectivity index (χ1n) is 11.8. The van der Waals surface area contributed by atoms with Gasteiger partial charge in [0.1, 0.15) is 5.75 Å². The second-order valence-electron chi connectivity index (χ2n) is 8.77. The number of methoxy groups -OCH3 is 2. The third-order valence-corrected chi connectivity index (χ3v) is 6.96. The molecular weight excluding hydrogens is 494 g/mol. The number of nitro groups is 1. The normalized spacial score (nSPS) is 17.0. The highest BCUT2D eigenvalue weighted by molar-refractivity contribution is 7.80. The van der Waals surface area contributed by atoms with Crippen LogP contribution in [0.15, 0.2) is 48.7 Å². The monoisotopic (exact) mass is 523 g/mol. The highest BCUT2D eigenvalue weighted by Crippen LogP contribution is 2.42. The Balaban J connectivity index is 1.81. The fourth-order valence-electron chi connectivity index (χ4n) is 4.91. The molecule has 2 atom stereocenters. The van der Waals surface area contributed by atoms with Crippen LogP contribution in [0.4, 0.5) is 5.69 Å². The first kappa shape index (κ1) is 26.1. The number of nitro benzene ring substituents is 1. The number of hydrogen-bond donors (Lipinski definition) is 1. The fraction of sp³-hybridized carbons (Fsp3) is 0.346. The van der Waals surface area contributed by atoms with Gasteiger partial charge in [0.2, 0.25) is 0 Å². The van der Waals surface area contributed by atoms with Crippen LogP contribution in [0.25, 0.3) is 5.69 Å². The average Bonchev–Trinajstić information content (AvgIpc) is 3.38. The lowest BCUT2D eigenvalue weighted by Gasteiger charge is -2.28. The van der Waals surface area contributed by atoms with Crippen LogP contribution >= 0.6 is 12.2 Å². The third kappa shape index (κ3) is 5.12. The minimum Gasteiger partial charge on any atom is -0.495 e. The molecular formula is C26H29N5O5S. The van der Waals surface area contributed by atoms with Gasteiger partial charge >= 0.3 is 5.97 Å². The molecule has 10 nitrogen and oxygen atoms in total. The van der Waals surface area contributed by atoms with E-state index in [1.165, 1.54) is 19.2 Å². The predicted octanol–water partition coefficient (Wildman–Crippen LogP) is 4.33. The molecule has 0 radical (unpaired) electrons. The molecule has 1 aliphatic rings. The molecule has 1 fully saturated rings. The van der Waals surface area contributed by atoms with E-state index >= 15 is 0 Å². The molecule has 1 N–H and O–H groups in total. The van der Waals surface area contributed by atoms with Gasteiger partial charge < -0.3 is 24.3 Å². The second kappa shape index (κ2) is 11.0. The smallest absolute Gasteiger partial charge is 0.305 e. The predicted molar refractivity (Wildman–Crippen MR) is 142 cm³/mol. The Labute approximate surface area is 220 Å². The Morgan fingerprint density at radius 1 is 1.22 bits per heavy atom. The van der Waals surface area contributed by atoms with Gasteiger partial charge in [-0.15, -0.1) is 0 Å². The van der Waals surface area contributed by atoms with Gasteiger partial charge in [-0.1, -0.05) is 6.07 Å². The summed E-state index contributed by atoms with van der Waals surface area (Å²) in [7, 11) is 2.92. The van der Waals surface area contributed by atoms with E-state index in [-0.39, 0.29) is 30.2 Å². The van der Waals surface area contributed by atoms with E-state index in [1.54, 1.807) is 19.4 Å². The Kier molecular flexibility index (Phi) is 7.72. The second-order valence-corrected chi connectivity index (χ2v) is 9.16. The summed E-state index contributed by atoms with van der Waals surface area (Å²) in [5.41, 5.74) is 4.17. The maximum Gasteiger partial charge on any atom is 0.305 e. The molecule has 1 aromatic carbocycles. The van der Waals surface area contributed by atoms with Crippen LogP contribution < -0.4 is 10.1 Å². The van der Waals surface area contributed by atoms with Crippen molar-refractivity contribution in [3.05, 3.63) is 81.4 Å². The summed E-state index contributed by atoms with van der Waals surface area (Å²) < 4.78 is 12.3. The largest absolute Gasteiger partial charge is 0.495 e. The maximum absolute atomic E-state index is 11.7. The first-order valence-corrected chi connectivity index (χ1v) is 12.2. The molecule has 0 unspecified atom stereocenters. The SMILES string of the molecule is COC(=O)CCCN1C(=S)N[C@@H](c2ccccn2)[C@H]1c1cc(C)n(-c2cc([N+](=O)[O-])ccc2OC)c1C. The Morgan fingerprint density at radius 2 is 2.00 bits per heavy atom. The number of rotatable bonds is 9. The minimum absolute atomic E-state index is 0.0237. The number of hydrogen-bond acceptors (Lipinski definition) is 7. The Bertz CT molecular complexity index is 1330. The average molecular weight is 524 g/mol.